The van der Waals surface area contributed by atoms with Gasteiger partial charge in [0.2, 0.25) is 29.9 Å². The lowest BCUT2D eigenvalue weighted by molar-refractivity contribution is -0.922. The van der Waals surface area contributed by atoms with Gasteiger partial charge in [-0.15, -0.1) is 11.3 Å². The van der Waals surface area contributed by atoms with Crippen molar-refractivity contribution in [3.8, 4) is 5.75 Å². The first kappa shape index (κ1) is 64.2. The molecule has 438 valence electrons. The summed E-state index contributed by atoms with van der Waals surface area (Å²) in [6.07, 6.45) is -6.44. The quantitative estimate of drug-likeness (QED) is 0.0529. The van der Waals surface area contributed by atoms with Crippen LogP contribution in [0.25, 0.3) is 0 Å². The smallest absolute Gasteiger partial charge is 0.335 e. The molecule has 0 bridgehead atoms. The molecule has 3 heterocycles. The van der Waals surface area contributed by atoms with Crippen molar-refractivity contribution >= 4 is 52.5 Å². The Kier molecular flexibility index (Phi) is 23.3. The number of hydrogen-bond acceptors (Lipinski definition) is 15. The number of quaternary nitrogens is 1. The third-order valence-electron chi connectivity index (χ3n) is 15.5. The molecule has 0 aliphatic carbocycles. The minimum Gasteiger partial charge on any atom is -0.479 e. The lowest BCUT2D eigenvalue weighted by atomic mass is 9.89. The summed E-state index contributed by atoms with van der Waals surface area (Å²) in [7, 11) is 8.53. The summed E-state index contributed by atoms with van der Waals surface area (Å²) in [5, 5.41) is 52.4. The third-order valence-corrected chi connectivity index (χ3v) is 16.4. The monoisotopic (exact) mass is 1120 g/mol. The zero-order valence-electron chi connectivity index (χ0n) is 48.0. The van der Waals surface area contributed by atoms with Gasteiger partial charge in [-0.3, -0.25) is 24.0 Å². The van der Waals surface area contributed by atoms with E-state index in [9.17, 15) is 49.2 Å². The minimum absolute atomic E-state index is 0.0275. The van der Waals surface area contributed by atoms with Gasteiger partial charge in [-0.25, -0.2) is 9.78 Å². The molecule has 0 radical (unpaired) electrons. The van der Waals surface area contributed by atoms with E-state index in [1.54, 1.807) is 42.3 Å². The van der Waals surface area contributed by atoms with Gasteiger partial charge in [0.1, 0.15) is 41.7 Å². The Morgan fingerprint density at radius 3 is 2.15 bits per heavy atom. The average molecular weight is 1130 g/mol. The summed E-state index contributed by atoms with van der Waals surface area (Å²) in [5.41, 5.74) is 1.83. The first-order valence-electron chi connectivity index (χ1n) is 27.2. The van der Waals surface area contributed by atoms with E-state index in [-0.39, 0.29) is 76.3 Å². The third kappa shape index (κ3) is 16.1. The van der Waals surface area contributed by atoms with E-state index in [1.807, 2.05) is 98.3 Å². The number of carbonyl (C=O) groups is 6. The van der Waals surface area contributed by atoms with E-state index < -0.39 is 84.9 Å². The molecular weight excluding hydrogens is 1040 g/mol. The molecule has 5 amide bonds. The summed E-state index contributed by atoms with van der Waals surface area (Å²) in [6, 6.07) is 11.6. The second kappa shape index (κ2) is 28.7. The van der Waals surface area contributed by atoms with Crippen LogP contribution in [0.5, 0.6) is 5.75 Å². The number of likely N-dealkylation sites (N-methyl/N-ethyl adjacent to an activating group) is 2. The van der Waals surface area contributed by atoms with Gasteiger partial charge in [-0.1, -0.05) is 85.2 Å². The molecule has 79 heavy (non-hydrogen) atoms. The molecule has 21 nitrogen and oxygen atoms in total. The predicted molar refractivity (Wildman–Crippen MR) is 296 cm³/mol. The Hall–Kier alpha value is -5.59. The number of aliphatic hydroxyl groups is 3. The standard InChI is InChI=1S/C57H85N7O14S/c1-14-33(6)45(42(75-12)29-43(66)63-25-18-21-40(63)50(76-13)34(7)52(70)60-39(54-58-24-26-79-54)27-36-19-16-15-17-20-36)62(9)55(72)44(31(2)3)61-53(71)46(32(4)5)64(10,11)30-37-22-23-41(38(28-37)59-35(8)65)77-57-49(69)47(67)48(68)51(78-57)56(73)74/h15-17,19-20,22-24,26,28,31-34,39-40,42,44-51,57,67-69H,14,18,21,25,27,29-30H2,1-13H3,(H3-,59,60,61,65,70,71,73,74)/p+1/t33-,34+,39-,40-,42+,44-,45-,46-,47-,48-,49+,50+,51-,57+/m0/s1. The van der Waals surface area contributed by atoms with Crippen LogP contribution in [-0.2, 0) is 55.9 Å². The van der Waals surface area contributed by atoms with Crippen LogP contribution in [0, 0.1) is 23.7 Å². The highest BCUT2D eigenvalue weighted by Crippen LogP contribution is 2.34. The molecule has 7 N–H and O–H groups in total. The number of benzene rings is 2. The number of carbonyl (C=O) groups excluding carboxylic acids is 5. The van der Waals surface area contributed by atoms with Crippen LogP contribution in [0.4, 0.5) is 5.69 Å². The number of hydrogen-bond donors (Lipinski definition) is 7. The molecule has 14 atom stereocenters. The van der Waals surface area contributed by atoms with E-state index in [4.69, 9.17) is 18.9 Å². The molecule has 5 rings (SSSR count). The van der Waals surface area contributed by atoms with Crippen LogP contribution in [-0.4, -0.2) is 184 Å². The minimum atomic E-state index is -1.93. The number of anilines is 1. The number of aromatic nitrogens is 1. The van der Waals surface area contributed by atoms with Gasteiger partial charge in [-0.2, -0.15) is 0 Å². The van der Waals surface area contributed by atoms with Gasteiger partial charge in [-0.05, 0) is 54.9 Å². The van der Waals surface area contributed by atoms with Crippen LogP contribution in [0.3, 0.4) is 0 Å². The Morgan fingerprint density at radius 1 is 0.899 bits per heavy atom. The van der Waals surface area contributed by atoms with Crippen LogP contribution < -0.4 is 20.7 Å². The number of amides is 5. The van der Waals surface area contributed by atoms with Gasteiger partial charge in [0, 0.05) is 57.8 Å². The summed E-state index contributed by atoms with van der Waals surface area (Å²) >= 11 is 1.48. The number of aliphatic hydroxyl groups excluding tert-OH is 3. The highest BCUT2D eigenvalue weighted by molar-refractivity contribution is 7.09. The molecule has 2 aromatic carbocycles. The van der Waals surface area contributed by atoms with Crippen molar-refractivity contribution in [1.29, 1.82) is 0 Å². The van der Waals surface area contributed by atoms with Crippen molar-refractivity contribution < 1.29 is 72.6 Å². The fourth-order valence-electron chi connectivity index (χ4n) is 11.4. The fourth-order valence-corrected chi connectivity index (χ4v) is 12.1. The highest BCUT2D eigenvalue weighted by atomic mass is 32.1. The number of carboxylic acid groups (broad SMARTS) is 1. The Balaban J connectivity index is 1.30. The second-order valence-corrected chi connectivity index (χ2v) is 23.4. The molecule has 22 heteroatoms. The van der Waals surface area contributed by atoms with Crippen LogP contribution in [0.2, 0.25) is 0 Å². The lowest BCUT2D eigenvalue weighted by Gasteiger charge is -2.42. The molecular formula is C57H86N7O14S+. The number of carboxylic acids is 1. The highest BCUT2D eigenvalue weighted by Gasteiger charge is 2.49. The molecule has 0 saturated carbocycles. The maximum absolute atomic E-state index is 14.9. The molecule has 3 aromatic rings. The molecule has 2 fully saturated rings. The van der Waals surface area contributed by atoms with Crippen LogP contribution in [0.15, 0.2) is 60.1 Å². The first-order chi connectivity index (χ1) is 37.3. The van der Waals surface area contributed by atoms with E-state index in [0.717, 1.165) is 10.6 Å². The zero-order chi connectivity index (χ0) is 58.6. The number of rotatable bonds is 27. The number of nitrogens with zero attached hydrogens (tertiary/aromatic N) is 4. The van der Waals surface area contributed by atoms with Crippen molar-refractivity contribution in [3.05, 3.63) is 76.2 Å². The summed E-state index contributed by atoms with van der Waals surface area (Å²) in [4.78, 5) is 90.4. The van der Waals surface area contributed by atoms with Crippen molar-refractivity contribution in [2.24, 2.45) is 23.7 Å². The van der Waals surface area contributed by atoms with Gasteiger partial charge >= 0.3 is 5.97 Å². The van der Waals surface area contributed by atoms with Gasteiger partial charge in [0.25, 0.3) is 5.91 Å². The van der Waals surface area contributed by atoms with E-state index >= 15 is 0 Å². The van der Waals surface area contributed by atoms with Crippen molar-refractivity contribution in [3.63, 3.8) is 0 Å². The largest absolute Gasteiger partial charge is 0.479 e. The molecule has 0 spiro atoms. The Bertz CT molecular complexity index is 2500. The SMILES string of the molecule is CC[C@H](C)[C@@H]([C@@H](CC(=O)N1CCC[C@H]1[C@H](OC)[C@@H](C)C(=O)N[C@@H](Cc1ccccc1)c1nccs1)OC)N(C)C(=O)[C@@H](NC(=O)[C@H](C(C)C)[N+](C)(C)Cc1ccc(O[C@@H]2O[C@H](C(=O)O)[C@@H](O)[C@H](O)[C@H]2O)c(NC(C)=O)c1)C(C)C. The van der Waals surface area contributed by atoms with E-state index in [0.29, 0.717) is 37.8 Å². The Labute approximate surface area is 468 Å². The Morgan fingerprint density at radius 2 is 1.58 bits per heavy atom. The number of methoxy groups -OCH3 is 2. The molecule has 0 unspecified atom stereocenters. The van der Waals surface area contributed by atoms with Gasteiger partial charge in [0.05, 0.1) is 62.5 Å². The maximum atomic E-state index is 14.9. The van der Waals surface area contributed by atoms with Crippen molar-refractivity contribution in [1.82, 2.24) is 25.4 Å². The molecule has 2 aliphatic heterocycles. The average Bonchev–Trinajstić information content (AvgIpc) is 4.12. The number of ether oxygens (including phenoxy) is 4. The van der Waals surface area contributed by atoms with Gasteiger partial charge in [0.15, 0.2) is 12.1 Å². The molecule has 2 saturated heterocycles. The lowest BCUT2D eigenvalue weighted by Crippen LogP contribution is -2.63. The van der Waals surface area contributed by atoms with E-state index in [2.05, 4.69) is 20.9 Å². The second-order valence-electron chi connectivity index (χ2n) is 22.4. The first-order valence-corrected chi connectivity index (χ1v) is 28.1. The zero-order valence-corrected chi connectivity index (χ0v) is 48.8. The number of aliphatic carboxylic acids is 1. The topological polar surface area (TPSA) is 276 Å². The summed E-state index contributed by atoms with van der Waals surface area (Å²) in [6.45, 7) is 15.3. The summed E-state index contributed by atoms with van der Waals surface area (Å²) in [5.74, 6) is -4.58. The van der Waals surface area contributed by atoms with E-state index in [1.165, 1.54) is 31.4 Å². The van der Waals surface area contributed by atoms with Crippen molar-refractivity contribution in [2.45, 2.75) is 167 Å². The van der Waals surface area contributed by atoms with Gasteiger partial charge < -0.3 is 69.6 Å². The predicted octanol–water partition coefficient (Wildman–Crippen LogP) is 4.13. The number of nitrogens with one attached hydrogen (secondary N) is 3. The van der Waals surface area contributed by atoms with Crippen LogP contribution >= 0.6 is 11.3 Å². The maximum Gasteiger partial charge on any atom is 0.335 e. The van der Waals surface area contributed by atoms with Crippen LogP contribution in [0.1, 0.15) is 103 Å². The number of likely N-dealkylation sites (tertiary alicyclic amines) is 1. The fraction of sp³-hybridized carbons (Fsp3) is 0.632. The molecule has 1 aromatic heterocycles. The van der Waals surface area contributed by atoms with Crippen molar-refractivity contribution in [2.75, 3.05) is 47.2 Å². The summed E-state index contributed by atoms with van der Waals surface area (Å²) < 4.78 is 23.4. The number of thiazole rings is 1. The normalized spacial score (nSPS) is 22.7. The molecule has 2 aliphatic rings.